The average Bonchev–Trinajstić information content (AvgIpc) is 4.17. The maximum Gasteiger partial charge on any atom is 0.293 e. The number of aromatic nitrogens is 3. The molecule has 4 heterocycles. The normalized spacial score (nSPS) is 17.5. The van der Waals surface area contributed by atoms with Gasteiger partial charge >= 0.3 is 0 Å². The molecule has 3 N–H and O–H groups in total. The predicted octanol–water partition coefficient (Wildman–Crippen LogP) is 9.82. The van der Waals surface area contributed by atoms with E-state index in [0.717, 1.165) is 120 Å². The molecule has 3 aromatic heterocycles. The molecule has 0 bridgehead atoms. The summed E-state index contributed by atoms with van der Waals surface area (Å²) >= 11 is 1.52. The number of ether oxygens (including phenoxy) is 2. The molecule has 1 aliphatic carbocycles. The van der Waals surface area contributed by atoms with Gasteiger partial charge in [0.1, 0.15) is 0 Å². The largest absolute Gasteiger partial charge is 0.467 e. The first-order valence-electron chi connectivity index (χ1n) is 25.3. The smallest absolute Gasteiger partial charge is 0.293 e. The first-order chi connectivity index (χ1) is 32.3. The molecule has 1 saturated heterocycles. The number of amides is 1. The Morgan fingerprint density at radius 3 is 2.52 bits per heavy atom. The lowest BCUT2D eigenvalue weighted by atomic mass is 9.84. The van der Waals surface area contributed by atoms with Gasteiger partial charge in [-0.3, -0.25) is 24.3 Å². The molecule has 6 rings (SSSR count). The third-order valence-electron chi connectivity index (χ3n) is 14.1. The number of carbonyl (C=O) groups is 3. The van der Waals surface area contributed by atoms with Gasteiger partial charge in [0, 0.05) is 65.6 Å². The molecule has 5 atom stereocenters. The van der Waals surface area contributed by atoms with Gasteiger partial charge in [-0.25, -0.2) is 4.98 Å². The summed E-state index contributed by atoms with van der Waals surface area (Å²) in [5, 5.41) is 13.8. The fourth-order valence-corrected chi connectivity index (χ4v) is 10.9. The van der Waals surface area contributed by atoms with Crippen LogP contribution in [-0.4, -0.2) is 103 Å². The Bertz CT molecular complexity index is 2160. The van der Waals surface area contributed by atoms with Crippen LogP contribution < -0.4 is 16.0 Å². The molecule has 4 aromatic rings. The fourth-order valence-electron chi connectivity index (χ4n) is 10.1. The first kappa shape index (κ1) is 53.9. The zero-order valence-corrected chi connectivity index (χ0v) is 43.4. The van der Waals surface area contributed by atoms with E-state index in [0.29, 0.717) is 31.1 Å². The number of nitrogens with one attached hydrogen (secondary N) is 3. The third kappa shape index (κ3) is 14.7. The Kier molecular flexibility index (Phi) is 21.5. The molecule has 1 aliphatic heterocycles. The molecular weight excluding hydrogens is 859 g/mol. The summed E-state index contributed by atoms with van der Waals surface area (Å²) in [5.41, 5.74) is 6.62. The molecule has 2 fully saturated rings. The van der Waals surface area contributed by atoms with Crippen molar-refractivity contribution in [3.05, 3.63) is 58.2 Å². The van der Waals surface area contributed by atoms with E-state index in [9.17, 15) is 14.4 Å². The molecule has 0 radical (unpaired) electrons. The molecule has 1 aromatic carbocycles. The number of methoxy groups -OCH3 is 1. The number of rotatable bonds is 26. The number of hydrogen-bond acceptors (Lipinski definition) is 11. The van der Waals surface area contributed by atoms with Crippen LogP contribution in [-0.2, 0) is 43.2 Å². The molecule has 12 nitrogen and oxygen atoms in total. The minimum atomic E-state index is -0.644. The van der Waals surface area contributed by atoms with Gasteiger partial charge in [0.05, 0.1) is 46.9 Å². The summed E-state index contributed by atoms with van der Waals surface area (Å²) in [6, 6.07) is 9.70. The number of benzene rings is 1. The van der Waals surface area contributed by atoms with Crippen molar-refractivity contribution in [1.29, 1.82) is 0 Å². The molecule has 1 saturated carbocycles. The zero-order valence-electron chi connectivity index (χ0n) is 42.5. The summed E-state index contributed by atoms with van der Waals surface area (Å²) < 4.78 is 13.4. The van der Waals surface area contributed by atoms with Gasteiger partial charge in [0.15, 0.2) is 5.78 Å². The number of carbonyl (C=O) groups excluding carboxylic acids is 3. The average molecular weight is 942 g/mol. The van der Waals surface area contributed by atoms with E-state index in [1.165, 1.54) is 43.6 Å². The van der Waals surface area contributed by atoms with E-state index in [4.69, 9.17) is 19.4 Å². The summed E-state index contributed by atoms with van der Waals surface area (Å²) in [7, 11) is 3.71. The highest BCUT2D eigenvalue weighted by Gasteiger charge is 2.40. The maximum atomic E-state index is 14.1. The van der Waals surface area contributed by atoms with Crippen LogP contribution in [0.15, 0.2) is 41.9 Å². The topological polar surface area (TPSA) is 140 Å². The summed E-state index contributed by atoms with van der Waals surface area (Å²) in [6.45, 7) is 23.1. The van der Waals surface area contributed by atoms with Crippen molar-refractivity contribution >= 4 is 40.4 Å². The van der Waals surface area contributed by atoms with E-state index in [2.05, 4.69) is 91.2 Å². The van der Waals surface area contributed by atoms with Gasteiger partial charge in [0.2, 0.25) is 5.91 Å². The van der Waals surface area contributed by atoms with Gasteiger partial charge in [-0.15, -0.1) is 11.3 Å². The summed E-state index contributed by atoms with van der Waals surface area (Å²) in [6.07, 6.45) is 13.6. The number of ketones is 1. The molecular formula is C54H83N7O5S. The quantitative estimate of drug-likeness (QED) is 0.0412. The second-order valence-electron chi connectivity index (χ2n) is 19.9. The maximum absolute atomic E-state index is 14.1. The van der Waals surface area contributed by atoms with Crippen molar-refractivity contribution in [3.63, 3.8) is 0 Å². The third-order valence-corrected chi connectivity index (χ3v) is 15.0. The molecule has 13 heteroatoms. The number of unbranched alkanes of at least 4 members (excludes halogenated alkanes) is 1. The van der Waals surface area contributed by atoms with Gasteiger partial charge in [-0.1, -0.05) is 72.8 Å². The highest BCUT2D eigenvalue weighted by atomic mass is 32.1. The van der Waals surface area contributed by atoms with E-state index in [1.54, 1.807) is 20.2 Å². The Hall–Kier alpha value is -4.01. The second-order valence-corrected chi connectivity index (χ2v) is 20.9. The van der Waals surface area contributed by atoms with Crippen LogP contribution in [0.5, 0.6) is 0 Å². The number of thiazole rings is 1. The number of hydrogen-bond donors (Lipinski definition) is 3. The molecule has 370 valence electrons. The zero-order chi connectivity index (χ0) is 48.5. The Balaban J connectivity index is 0.000000752. The highest BCUT2D eigenvalue weighted by Crippen LogP contribution is 2.42. The lowest BCUT2D eigenvalue weighted by Crippen LogP contribution is -2.54. The molecule has 5 unspecified atom stereocenters. The van der Waals surface area contributed by atoms with Crippen molar-refractivity contribution in [3.8, 4) is 22.5 Å². The van der Waals surface area contributed by atoms with E-state index < -0.39 is 6.04 Å². The number of fused-ring (bicyclic) bond motifs is 1. The first-order valence-corrected chi connectivity index (χ1v) is 26.2. The number of Topliss-reactive ketones (excluding diaryl/α,β-unsaturated/α-hetero) is 1. The predicted molar refractivity (Wildman–Crippen MR) is 274 cm³/mol. The van der Waals surface area contributed by atoms with Crippen molar-refractivity contribution in [2.24, 2.45) is 23.2 Å². The molecule has 2 aliphatic rings. The number of nitrogens with zero attached hydrogens (tertiary/aromatic N) is 4. The lowest BCUT2D eigenvalue weighted by molar-refractivity contribution is -0.132. The Labute approximate surface area is 406 Å². The van der Waals surface area contributed by atoms with Crippen LogP contribution in [0.25, 0.3) is 33.4 Å². The van der Waals surface area contributed by atoms with Gasteiger partial charge in [-0.05, 0) is 134 Å². The fraction of sp³-hybridized carbons (Fsp3) is 0.648. The molecule has 67 heavy (non-hydrogen) atoms. The van der Waals surface area contributed by atoms with Gasteiger partial charge in [0.25, 0.3) is 6.47 Å². The van der Waals surface area contributed by atoms with Crippen molar-refractivity contribution in [2.75, 3.05) is 53.5 Å². The van der Waals surface area contributed by atoms with Crippen LogP contribution in [0, 0.1) is 23.2 Å². The minimum absolute atomic E-state index is 0.0182. The number of aryl methyl sites for hydroxylation is 1. The van der Waals surface area contributed by atoms with Gasteiger partial charge in [-0.2, -0.15) is 0 Å². The summed E-state index contributed by atoms with van der Waals surface area (Å²) in [5.74, 6) is 1.71. The van der Waals surface area contributed by atoms with Crippen molar-refractivity contribution in [2.45, 2.75) is 151 Å². The van der Waals surface area contributed by atoms with Crippen molar-refractivity contribution < 1.29 is 23.9 Å². The van der Waals surface area contributed by atoms with Crippen molar-refractivity contribution in [1.82, 2.24) is 35.4 Å². The Morgan fingerprint density at radius 2 is 1.85 bits per heavy atom. The van der Waals surface area contributed by atoms with Gasteiger partial charge < -0.3 is 30.0 Å². The Morgan fingerprint density at radius 1 is 1.07 bits per heavy atom. The molecule has 1 amide bonds. The standard InChI is InChI=1S/C45H62N6O5S.C9H21N/c1-8-46-24-31-18-20-50(25-31)42(32-13-10-11-14-32)44(54)49-37(29(3)53)22-40-48-38(26-57-40)33-16-17-39-35(21-33)36(23-45(5,6)27-56-28-52)43(51(39)9-2)34-15-12-19-47-41(34)30(4)55-7;1-4-9(2)7-5-6-8-10-3/h12,15-17,19,21,26,28,30-32,37,42,46H,8-11,13-14,18,20,22-25,27H2,1-7H3,(H,49,54);9-10H,4-8H2,1-3H3. The monoisotopic (exact) mass is 942 g/mol. The van der Waals surface area contributed by atoms with Crippen LogP contribution >= 0.6 is 11.3 Å². The van der Waals surface area contributed by atoms with E-state index in [1.807, 2.05) is 25.4 Å². The second kappa shape index (κ2) is 26.7. The highest BCUT2D eigenvalue weighted by molar-refractivity contribution is 7.10. The lowest BCUT2D eigenvalue weighted by Gasteiger charge is -2.32. The van der Waals surface area contributed by atoms with Crippen LogP contribution in [0.3, 0.4) is 0 Å². The number of likely N-dealkylation sites (tertiary alicyclic amines) is 1. The van der Waals surface area contributed by atoms with Crippen LogP contribution in [0.1, 0.15) is 136 Å². The minimum Gasteiger partial charge on any atom is -0.467 e. The van der Waals surface area contributed by atoms with Crippen LogP contribution in [0.4, 0.5) is 0 Å². The SMILES string of the molecule is CCC(C)CCCCNC.CCNCC1CCN(C(C(=O)NC(Cc2nc(-c3ccc4c(c3)c(CC(C)(C)COC=O)c(-c3cccnc3C(C)OC)n4CC)cs2)C(C)=O)C2CCCC2)C1. The summed E-state index contributed by atoms with van der Waals surface area (Å²) in [4.78, 5) is 50.7. The van der Waals surface area contributed by atoms with E-state index >= 15 is 0 Å². The van der Waals surface area contributed by atoms with E-state index in [-0.39, 0.29) is 35.9 Å². The molecule has 0 spiro atoms. The number of pyridine rings is 1. The van der Waals surface area contributed by atoms with Crippen LogP contribution in [0.2, 0.25) is 0 Å².